The number of carbonyl (C=O) groups excluding carboxylic acids is 1. The second-order valence-corrected chi connectivity index (χ2v) is 7.52. The van der Waals surface area contributed by atoms with Crippen LogP contribution in [0.15, 0.2) is 58.1 Å². The van der Waals surface area contributed by atoms with Gasteiger partial charge in [0, 0.05) is 5.56 Å². The summed E-state index contributed by atoms with van der Waals surface area (Å²) in [5.74, 6) is 1.05. The van der Waals surface area contributed by atoms with Crippen molar-refractivity contribution >= 4 is 28.1 Å². The molecule has 2 rings (SSSR count). The summed E-state index contributed by atoms with van der Waals surface area (Å²) in [4.78, 5) is 11.9. The van der Waals surface area contributed by atoms with Crippen molar-refractivity contribution < 1.29 is 14.3 Å². The summed E-state index contributed by atoms with van der Waals surface area (Å²) in [6.45, 7) is 2.79. The van der Waals surface area contributed by atoms with Gasteiger partial charge in [-0.25, -0.2) is 5.43 Å². The fraction of sp³-hybridized carbons (Fsp3) is 0.391. The van der Waals surface area contributed by atoms with Gasteiger partial charge in [0.05, 0.1) is 17.3 Å². The predicted octanol–water partition coefficient (Wildman–Crippen LogP) is 5.72. The van der Waals surface area contributed by atoms with E-state index in [4.69, 9.17) is 9.47 Å². The molecule has 0 spiro atoms. The Morgan fingerprint density at radius 1 is 0.966 bits per heavy atom. The molecule has 156 valence electrons. The first kappa shape index (κ1) is 22.9. The lowest BCUT2D eigenvalue weighted by molar-refractivity contribution is -0.123. The number of hydrazone groups is 1. The van der Waals surface area contributed by atoms with E-state index in [0.29, 0.717) is 12.4 Å². The Kier molecular flexibility index (Phi) is 10.9. The smallest absolute Gasteiger partial charge is 0.277 e. The van der Waals surface area contributed by atoms with Crippen LogP contribution in [0.5, 0.6) is 11.5 Å². The molecule has 0 radical (unpaired) electrons. The van der Waals surface area contributed by atoms with Gasteiger partial charge in [-0.15, -0.1) is 0 Å². The van der Waals surface area contributed by atoms with E-state index in [2.05, 4.69) is 33.4 Å². The molecule has 0 atom stereocenters. The van der Waals surface area contributed by atoms with Crippen molar-refractivity contribution in [3.63, 3.8) is 0 Å². The van der Waals surface area contributed by atoms with Crippen molar-refractivity contribution in [1.82, 2.24) is 5.43 Å². The van der Waals surface area contributed by atoms with Crippen molar-refractivity contribution in [2.24, 2.45) is 5.10 Å². The number of rotatable bonds is 13. The van der Waals surface area contributed by atoms with Crippen molar-refractivity contribution in [1.29, 1.82) is 0 Å². The highest BCUT2D eigenvalue weighted by Gasteiger charge is 2.05. The molecule has 0 aliphatic rings. The summed E-state index contributed by atoms with van der Waals surface area (Å²) < 4.78 is 12.2. The van der Waals surface area contributed by atoms with Crippen LogP contribution in [0.3, 0.4) is 0 Å². The minimum atomic E-state index is -0.331. The average molecular weight is 461 g/mol. The number of ether oxygens (including phenoxy) is 2. The van der Waals surface area contributed by atoms with Gasteiger partial charge in [-0.2, -0.15) is 5.10 Å². The van der Waals surface area contributed by atoms with Gasteiger partial charge in [0.1, 0.15) is 11.5 Å². The fourth-order valence-corrected chi connectivity index (χ4v) is 3.09. The van der Waals surface area contributed by atoms with Crippen LogP contribution in [-0.4, -0.2) is 25.3 Å². The first-order valence-electron chi connectivity index (χ1n) is 10.1. The maximum Gasteiger partial charge on any atom is 0.277 e. The molecule has 2 aromatic rings. The molecular weight excluding hydrogens is 432 g/mol. The number of carbonyl (C=O) groups is 1. The van der Waals surface area contributed by atoms with Crippen LogP contribution < -0.4 is 14.9 Å². The zero-order valence-electron chi connectivity index (χ0n) is 16.9. The molecule has 0 heterocycles. The molecule has 1 amide bonds. The number of amides is 1. The van der Waals surface area contributed by atoms with E-state index in [0.717, 1.165) is 22.2 Å². The molecule has 2 aromatic carbocycles. The number of hydrogen-bond donors (Lipinski definition) is 1. The molecular formula is C23H29BrN2O3. The lowest BCUT2D eigenvalue weighted by Gasteiger charge is -2.09. The van der Waals surface area contributed by atoms with E-state index >= 15 is 0 Å². The Balaban J connectivity index is 1.74. The first-order chi connectivity index (χ1) is 14.2. The molecule has 0 fully saturated rings. The molecule has 6 heteroatoms. The van der Waals surface area contributed by atoms with Crippen LogP contribution >= 0.6 is 15.9 Å². The van der Waals surface area contributed by atoms with E-state index in [1.54, 1.807) is 12.3 Å². The summed E-state index contributed by atoms with van der Waals surface area (Å²) in [5.41, 5.74) is 3.30. The van der Waals surface area contributed by atoms with Gasteiger partial charge in [-0.05, 0) is 46.6 Å². The van der Waals surface area contributed by atoms with Gasteiger partial charge >= 0.3 is 0 Å². The topological polar surface area (TPSA) is 59.9 Å². The standard InChI is InChI=1S/C23H29BrN2O3/c1-2-3-4-5-6-11-16-28-21-14-9-7-12-19(21)17-25-26-23(27)18-29-22-15-10-8-13-20(22)24/h7-10,12-15,17H,2-6,11,16,18H2,1H3,(H,26,27). The van der Waals surface area contributed by atoms with E-state index in [1.807, 2.05) is 42.5 Å². The Morgan fingerprint density at radius 3 is 2.45 bits per heavy atom. The summed E-state index contributed by atoms with van der Waals surface area (Å²) in [7, 11) is 0. The number of para-hydroxylation sites is 2. The molecule has 1 N–H and O–H groups in total. The number of benzene rings is 2. The predicted molar refractivity (Wildman–Crippen MR) is 121 cm³/mol. The summed E-state index contributed by atoms with van der Waals surface area (Å²) >= 11 is 3.38. The van der Waals surface area contributed by atoms with Crippen LogP contribution in [-0.2, 0) is 4.79 Å². The lowest BCUT2D eigenvalue weighted by Crippen LogP contribution is -2.24. The van der Waals surface area contributed by atoms with Crippen molar-refractivity contribution in [2.45, 2.75) is 45.4 Å². The maximum absolute atomic E-state index is 11.9. The zero-order chi connectivity index (χ0) is 20.7. The molecule has 5 nitrogen and oxygen atoms in total. The largest absolute Gasteiger partial charge is 0.493 e. The number of halogens is 1. The number of unbranched alkanes of at least 4 members (excludes halogenated alkanes) is 5. The first-order valence-corrected chi connectivity index (χ1v) is 10.9. The average Bonchev–Trinajstić information content (AvgIpc) is 2.73. The normalized spacial score (nSPS) is 10.8. The second-order valence-electron chi connectivity index (χ2n) is 6.67. The fourth-order valence-electron chi connectivity index (χ4n) is 2.69. The van der Waals surface area contributed by atoms with E-state index in [-0.39, 0.29) is 12.5 Å². The Labute approximate surface area is 181 Å². The molecule has 0 bridgehead atoms. The molecule has 29 heavy (non-hydrogen) atoms. The summed E-state index contributed by atoms with van der Waals surface area (Å²) in [6.07, 6.45) is 8.93. The third-order valence-corrected chi connectivity index (χ3v) is 4.92. The third-order valence-electron chi connectivity index (χ3n) is 4.26. The van der Waals surface area contributed by atoms with Crippen LogP contribution in [0.2, 0.25) is 0 Å². The van der Waals surface area contributed by atoms with Gasteiger partial charge in [0.15, 0.2) is 6.61 Å². The minimum absolute atomic E-state index is 0.115. The van der Waals surface area contributed by atoms with Crippen LogP contribution in [0, 0.1) is 0 Å². The number of nitrogens with zero attached hydrogens (tertiary/aromatic N) is 1. The van der Waals surface area contributed by atoms with E-state index < -0.39 is 0 Å². The van der Waals surface area contributed by atoms with Gasteiger partial charge in [-0.3, -0.25) is 4.79 Å². The second kappa shape index (κ2) is 13.8. The quantitative estimate of drug-likeness (QED) is 0.236. The van der Waals surface area contributed by atoms with Crippen LogP contribution in [0.1, 0.15) is 51.0 Å². The molecule has 0 saturated heterocycles. The van der Waals surface area contributed by atoms with Gasteiger partial charge < -0.3 is 9.47 Å². The lowest BCUT2D eigenvalue weighted by atomic mass is 10.1. The summed E-state index contributed by atoms with van der Waals surface area (Å²) in [6, 6.07) is 15.0. The highest BCUT2D eigenvalue weighted by atomic mass is 79.9. The number of hydrogen-bond acceptors (Lipinski definition) is 4. The summed E-state index contributed by atoms with van der Waals surface area (Å²) in [5, 5.41) is 4.02. The molecule has 0 aliphatic heterocycles. The SMILES string of the molecule is CCCCCCCCOc1ccccc1C=NNC(=O)COc1ccccc1Br. The van der Waals surface area contributed by atoms with Crippen molar-refractivity contribution in [3.8, 4) is 11.5 Å². The van der Waals surface area contributed by atoms with Crippen molar-refractivity contribution in [3.05, 3.63) is 58.6 Å². The van der Waals surface area contributed by atoms with Crippen LogP contribution in [0.25, 0.3) is 0 Å². The van der Waals surface area contributed by atoms with Crippen molar-refractivity contribution in [2.75, 3.05) is 13.2 Å². The van der Waals surface area contributed by atoms with Crippen LogP contribution in [0.4, 0.5) is 0 Å². The third kappa shape index (κ3) is 9.13. The minimum Gasteiger partial charge on any atom is -0.493 e. The van der Waals surface area contributed by atoms with E-state index in [1.165, 1.54) is 32.1 Å². The molecule has 0 aromatic heterocycles. The van der Waals surface area contributed by atoms with Gasteiger partial charge in [-0.1, -0.05) is 63.3 Å². The Hall–Kier alpha value is -2.34. The van der Waals surface area contributed by atoms with E-state index in [9.17, 15) is 4.79 Å². The van der Waals surface area contributed by atoms with Gasteiger partial charge in [0.2, 0.25) is 0 Å². The van der Waals surface area contributed by atoms with Gasteiger partial charge in [0.25, 0.3) is 5.91 Å². The molecule has 0 aliphatic carbocycles. The molecule has 0 saturated carbocycles. The molecule has 0 unspecified atom stereocenters. The monoisotopic (exact) mass is 460 g/mol. The Bertz CT molecular complexity index is 780. The highest BCUT2D eigenvalue weighted by Crippen LogP contribution is 2.23. The zero-order valence-corrected chi connectivity index (χ0v) is 18.5. The number of nitrogens with one attached hydrogen (secondary N) is 1. The Morgan fingerprint density at radius 2 is 1.66 bits per heavy atom. The maximum atomic E-state index is 11.9. The highest BCUT2D eigenvalue weighted by molar-refractivity contribution is 9.10.